The van der Waals surface area contributed by atoms with E-state index in [0.29, 0.717) is 12.1 Å². The highest BCUT2D eigenvalue weighted by Crippen LogP contribution is 2.05. The summed E-state index contributed by atoms with van der Waals surface area (Å²) in [7, 11) is 0. The highest BCUT2D eigenvalue weighted by atomic mass is 16.3. The van der Waals surface area contributed by atoms with Crippen molar-refractivity contribution in [1.29, 1.82) is 0 Å². The largest absolute Gasteiger partial charge is 0.396 e. The van der Waals surface area contributed by atoms with Gasteiger partial charge in [-0.15, -0.1) is 5.10 Å². The minimum atomic E-state index is -0.387. The van der Waals surface area contributed by atoms with E-state index in [-0.39, 0.29) is 24.6 Å². The van der Waals surface area contributed by atoms with E-state index in [2.05, 4.69) is 15.6 Å². The quantitative estimate of drug-likeness (QED) is 0.734. The molecule has 1 atom stereocenters. The molecule has 0 radical (unpaired) electrons. The summed E-state index contributed by atoms with van der Waals surface area (Å²) in [5.74, 6) is -0.0875. The van der Waals surface area contributed by atoms with Crippen LogP contribution in [0.3, 0.4) is 0 Å². The molecule has 6 nitrogen and oxygen atoms in total. The van der Waals surface area contributed by atoms with Gasteiger partial charge >= 0.3 is 0 Å². The van der Waals surface area contributed by atoms with Crippen molar-refractivity contribution in [2.24, 2.45) is 0 Å². The minimum absolute atomic E-state index is 0.0330. The molecular weight excluding hydrogens is 208 g/mol. The number of carbonyl (C=O) groups is 1. The van der Waals surface area contributed by atoms with Crippen LogP contribution in [0.25, 0.3) is 0 Å². The number of aromatic nitrogens is 3. The molecule has 0 aliphatic carbocycles. The first kappa shape index (κ1) is 12.6. The van der Waals surface area contributed by atoms with Gasteiger partial charge in [-0.25, -0.2) is 4.68 Å². The van der Waals surface area contributed by atoms with Crippen LogP contribution in [0.1, 0.15) is 32.5 Å². The lowest BCUT2D eigenvalue weighted by Gasteiger charge is -2.13. The Balaban J connectivity index is 2.64. The summed E-state index contributed by atoms with van der Waals surface area (Å²) in [5.41, 5.74) is 0.687. The Kier molecular flexibility index (Phi) is 4.42. The molecule has 0 aliphatic heterocycles. The van der Waals surface area contributed by atoms with Gasteiger partial charge in [-0.1, -0.05) is 5.21 Å². The van der Waals surface area contributed by atoms with Crippen LogP contribution in [-0.2, 0) is 11.2 Å². The molecule has 0 aliphatic rings. The predicted molar refractivity (Wildman–Crippen MR) is 58.8 cm³/mol. The van der Waals surface area contributed by atoms with Crippen LogP contribution >= 0.6 is 0 Å². The molecule has 0 aromatic carbocycles. The maximum absolute atomic E-state index is 11.7. The first-order valence-corrected chi connectivity index (χ1v) is 5.36. The number of carbonyl (C=O) groups excluding carboxylic acids is 1. The fourth-order valence-electron chi connectivity index (χ4n) is 1.26. The lowest BCUT2D eigenvalue weighted by molar-refractivity contribution is -0.124. The second-order valence-electron chi connectivity index (χ2n) is 4.00. The summed E-state index contributed by atoms with van der Waals surface area (Å²) in [5, 5.41) is 19.3. The zero-order valence-corrected chi connectivity index (χ0v) is 9.84. The van der Waals surface area contributed by atoms with Crippen LogP contribution in [0.4, 0.5) is 0 Å². The molecule has 1 amide bonds. The summed E-state index contributed by atoms with van der Waals surface area (Å²) in [6.07, 6.45) is 2.14. The number of nitrogens with one attached hydrogen (secondary N) is 1. The monoisotopic (exact) mass is 226 g/mol. The second-order valence-corrected chi connectivity index (χ2v) is 4.00. The first-order chi connectivity index (χ1) is 7.54. The van der Waals surface area contributed by atoms with Gasteiger partial charge in [-0.3, -0.25) is 4.79 Å². The molecule has 1 unspecified atom stereocenters. The number of nitrogens with zero attached hydrogens (tertiary/aromatic N) is 3. The molecule has 0 fully saturated rings. The standard InChI is InChI=1S/C10H18N4O2/c1-7(2)11-10(16)8(3)14-6-9(4-5-15)12-13-14/h6-8,15H,4-5H2,1-3H3,(H,11,16). The SMILES string of the molecule is CC(C)NC(=O)C(C)n1cc(CCO)nn1. The Hall–Kier alpha value is -1.43. The van der Waals surface area contributed by atoms with Crippen LogP contribution in [-0.4, -0.2) is 38.7 Å². The number of hydrogen-bond acceptors (Lipinski definition) is 4. The molecule has 1 aromatic heterocycles. The van der Waals surface area contributed by atoms with E-state index in [1.54, 1.807) is 13.1 Å². The Morgan fingerprint density at radius 3 is 2.81 bits per heavy atom. The molecule has 2 N–H and O–H groups in total. The smallest absolute Gasteiger partial charge is 0.244 e. The molecule has 1 rings (SSSR count). The van der Waals surface area contributed by atoms with Gasteiger partial charge in [-0.2, -0.15) is 0 Å². The lowest BCUT2D eigenvalue weighted by atomic mass is 10.3. The van der Waals surface area contributed by atoms with Gasteiger partial charge < -0.3 is 10.4 Å². The van der Waals surface area contributed by atoms with E-state index in [1.807, 2.05) is 13.8 Å². The third-order valence-electron chi connectivity index (χ3n) is 2.13. The van der Waals surface area contributed by atoms with Crippen LogP contribution in [0.5, 0.6) is 0 Å². The van der Waals surface area contributed by atoms with E-state index in [0.717, 1.165) is 0 Å². The van der Waals surface area contributed by atoms with Gasteiger partial charge in [0, 0.05) is 25.3 Å². The van der Waals surface area contributed by atoms with E-state index in [1.165, 1.54) is 4.68 Å². The molecule has 0 bridgehead atoms. The summed E-state index contributed by atoms with van der Waals surface area (Å²) >= 11 is 0. The molecule has 0 spiro atoms. The van der Waals surface area contributed by atoms with Gasteiger partial charge in [0.25, 0.3) is 0 Å². The number of aliphatic hydroxyl groups excluding tert-OH is 1. The maximum Gasteiger partial charge on any atom is 0.244 e. The molecular formula is C10H18N4O2. The van der Waals surface area contributed by atoms with Crippen molar-refractivity contribution < 1.29 is 9.90 Å². The molecule has 0 saturated heterocycles. The van der Waals surface area contributed by atoms with Gasteiger partial charge in [0.2, 0.25) is 5.91 Å². The van der Waals surface area contributed by atoms with Gasteiger partial charge in [-0.05, 0) is 20.8 Å². The molecule has 0 saturated carbocycles. The third kappa shape index (κ3) is 3.30. The summed E-state index contributed by atoms with van der Waals surface area (Å²) in [6, 6.07) is -0.280. The van der Waals surface area contributed by atoms with Crippen molar-refractivity contribution >= 4 is 5.91 Å². The van der Waals surface area contributed by atoms with Crippen molar-refractivity contribution in [1.82, 2.24) is 20.3 Å². The number of aliphatic hydroxyl groups is 1. The first-order valence-electron chi connectivity index (χ1n) is 5.36. The number of amides is 1. The Morgan fingerprint density at radius 2 is 2.25 bits per heavy atom. The topological polar surface area (TPSA) is 80.0 Å². The average molecular weight is 226 g/mol. The van der Waals surface area contributed by atoms with E-state index >= 15 is 0 Å². The highest BCUT2D eigenvalue weighted by Gasteiger charge is 2.16. The summed E-state index contributed by atoms with van der Waals surface area (Å²) in [6.45, 7) is 5.60. The normalized spacial score (nSPS) is 12.8. The van der Waals surface area contributed by atoms with E-state index < -0.39 is 0 Å². The average Bonchev–Trinajstić information content (AvgIpc) is 2.64. The van der Waals surface area contributed by atoms with Crippen molar-refractivity contribution in [3.05, 3.63) is 11.9 Å². The molecule has 6 heteroatoms. The zero-order valence-electron chi connectivity index (χ0n) is 9.84. The van der Waals surface area contributed by atoms with E-state index in [4.69, 9.17) is 5.11 Å². The predicted octanol–water partition coefficient (Wildman–Crippen LogP) is -0.102. The zero-order chi connectivity index (χ0) is 12.1. The summed E-state index contributed by atoms with van der Waals surface area (Å²) < 4.78 is 1.50. The maximum atomic E-state index is 11.7. The summed E-state index contributed by atoms with van der Waals surface area (Å²) in [4.78, 5) is 11.7. The van der Waals surface area contributed by atoms with Crippen molar-refractivity contribution in [2.45, 2.75) is 39.3 Å². The van der Waals surface area contributed by atoms with Gasteiger partial charge in [0.15, 0.2) is 0 Å². The van der Waals surface area contributed by atoms with E-state index in [9.17, 15) is 4.79 Å². The highest BCUT2D eigenvalue weighted by molar-refractivity contribution is 5.79. The van der Waals surface area contributed by atoms with Crippen LogP contribution in [0.15, 0.2) is 6.20 Å². The van der Waals surface area contributed by atoms with Gasteiger partial charge in [0.05, 0.1) is 5.69 Å². The van der Waals surface area contributed by atoms with Crippen molar-refractivity contribution in [3.63, 3.8) is 0 Å². The fourth-order valence-corrected chi connectivity index (χ4v) is 1.26. The lowest BCUT2D eigenvalue weighted by Crippen LogP contribution is -2.35. The Labute approximate surface area is 94.7 Å². The number of rotatable bonds is 5. The van der Waals surface area contributed by atoms with Gasteiger partial charge in [0.1, 0.15) is 6.04 Å². The molecule has 1 aromatic rings. The van der Waals surface area contributed by atoms with Crippen molar-refractivity contribution in [3.8, 4) is 0 Å². The molecule has 16 heavy (non-hydrogen) atoms. The third-order valence-corrected chi connectivity index (χ3v) is 2.13. The van der Waals surface area contributed by atoms with Crippen LogP contribution in [0.2, 0.25) is 0 Å². The molecule has 1 heterocycles. The Morgan fingerprint density at radius 1 is 1.56 bits per heavy atom. The van der Waals surface area contributed by atoms with Crippen molar-refractivity contribution in [2.75, 3.05) is 6.61 Å². The fraction of sp³-hybridized carbons (Fsp3) is 0.700. The molecule has 90 valence electrons. The minimum Gasteiger partial charge on any atom is -0.396 e. The van der Waals surface area contributed by atoms with Crippen LogP contribution in [0, 0.1) is 0 Å². The number of hydrogen-bond donors (Lipinski definition) is 2. The second kappa shape index (κ2) is 5.60. The van der Waals surface area contributed by atoms with Crippen LogP contribution < -0.4 is 5.32 Å². The Bertz CT molecular complexity index is 348.